The summed E-state index contributed by atoms with van der Waals surface area (Å²) >= 11 is 0. The molecule has 51 heavy (non-hydrogen) atoms. The maximum atomic E-state index is 11.4. The lowest BCUT2D eigenvalue weighted by atomic mass is 10.2. The van der Waals surface area contributed by atoms with Crippen molar-refractivity contribution in [2.75, 3.05) is 137 Å². The molecule has 0 saturated carbocycles. The first-order chi connectivity index (χ1) is 24.8. The van der Waals surface area contributed by atoms with Crippen LogP contribution in [0.2, 0.25) is 0 Å². The van der Waals surface area contributed by atoms with Crippen molar-refractivity contribution < 1.29 is 67.2 Å². The quantitative estimate of drug-likeness (QED) is 0.0497. The number of carboxylic acid groups (broad SMARTS) is 1. The second-order valence-corrected chi connectivity index (χ2v) is 10.3. The molecular formula is C31H52N4O16. The van der Waals surface area contributed by atoms with Gasteiger partial charge in [0.1, 0.15) is 5.69 Å². The Morgan fingerprint density at radius 2 is 0.980 bits per heavy atom. The van der Waals surface area contributed by atoms with Crippen LogP contribution >= 0.6 is 0 Å². The van der Waals surface area contributed by atoms with Gasteiger partial charge in [-0.15, -0.1) is 0 Å². The summed E-state index contributed by atoms with van der Waals surface area (Å²) < 4.78 is 48.8. The Kier molecular flexibility index (Phi) is 28.8. The highest BCUT2D eigenvalue weighted by molar-refractivity contribution is 5.80. The number of nitro benzene ring substituents is 2. The van der Waals surface area contributed by atoms with Gasteiger partial charge in [-0.3, -0.25) is 29.8 Å². The number of hydrogen-bond donors (Lipinski definition) is 3. The summed E-state index contributed by atoms with van der Waals surface area (Å²) in [6.07, 6.45) is 0.437. The fourth-order valence-corrected chi connectivity index (χ4v) is 3.76. The normalized spacial score (nSPS) is 11.1. The van der Waals surface area contributed by atoms with Gasteiger partial charge in [0.15, 0.2) is 0 Å². The van der Waals surface area contributed by atoms with Gasteiger partial charge in [0.2, 0.25) is 5.91 Å². The maximum Gasteiger partial charge on any atom is 0.303 e. The zero-order chi connectivity index (χ0) is 37.2. The molecule has 0 unspecified atom stereocenters. The van der Waals surface area contributed by atoms with Crippen LogP contribution in [-0.2, 0) is 52.2 Å². The minimum absolute atomic E-state index is 0.0229. The summed E-state index contributed by atoms with van der Waals surface area (Å²) in [5, 5.41) is 35.9. The largest absolute Gasteiger partial charge is 0.481 e. The zero-order valence-corrected chi connectivity index (χ0v) is 29.0. The van der Waals surface area contributed by atoms with Crippen molar-refractivity contribution in [2.24, 2.45) is 0 Å². The number of carbonyl (C=O) groups excluding carboxylic acids is 1. The van der Waals surface area contributed by atoms with Crippen LogP contribution < -0.4 is 10.6 Å². The van der Waals surface area contributed by atoms with E-state index in [0.717, 1.165) is 6.07 Å². The Morgan fingerprint density at radius 1 is 0.569 bits per heavy atom. The fraction of sp³-hybridized carbons (Fsp3) is 0.742. The molecule has 0 atom stereocenters. The number of nitrogens with one attached hydrogen (secondary N) is 2. The summed E-state index contributed by atoms with van der Waals surface area (Å²) in [4.78, 5) is 42.3. The number of amides is 1. The maximum absolute atomic E-state index is 11.4. The van der Waals surface area contributed by atoms with Crippen LogP contribution in [0.15, 0.2) is 18.2 Å². The van der Waals surface area contributed by atoms with Gasteiger partial charge < -0.3 is 58.4 Å². The minimum atomic E-state index is -0.994. The molecule has 0 saturated heterocycles. The number of carboxylic acids is 1. The van der Waals surface area contributed by atoms with Gasteiger partial charge >= 0.3 is 5.97 Å². The van der Waals surface area contributed by atoms with E-state index in [9.17, 15) is 29.8 Å². The van der Waals surface area contributed by atoms with Crippen molar-refractivity contribution in [3.8, 4) is 0 Å². The lowest BCUT2D eigenvalue weighted by Gasteiger charge is -2.09. The van der Waals surface area contributed by atoms with Crippen molar-refractivity contribution in [1.82, 2.24) is 5.32 Å². The van der Waals surface area contributed by atoms with Gasteiger partial charge in [-0.1, -0.05) is 0 Å². The summed E-state index contributed by atoms with van der Waals surface area (Å²) in [6, 6.07) is 3.41. The van der Waals surface area contributed by atoms with Gasteiger partial charge in [0, 0.05) is 32.2 Å². The first-order valence-electron chi connectivity index (χ1n) is 16.7. The molecule has 1 aromatic rings. The van der Waals surface area contributed by atoms with Crippen molar-refractivity contribution >= 4 is 28.9 Å². The van der Waals surface area contributed by atoms with Crippen LogP contribution in [0, 0.1) is 20.2 Å². The minimum Gasteiger partial charge on any atom is -0.481 e. The third-order valence-electron chi connectivity index (χ3n) is 6.28. The monoisotopic (exact) mass is 736 g/mol. The molecule has 20 heteroatoms. The molecule has 0 radical (unpaired) electrons. The average Bonchev–Trinajstić information content (AvgIpc) is 3.11. The number of non-ortho nitro benzene ring substituents is 1. The molecule has 20 nitrogen and oxygen atoms in total. The van der Waals surface area contributed by atoms with E-state index in [-0.39, 0.29) is 49.0 Å². The molecule has 0 aliphatic heterocycles. The topological polar surface area (TPSA) is 248 Å². The van der Waals surface area contributed by atoms with Crippen molar-refractivity contribution in [2.45, 2.75) is 19.3 Å². The summed E-state index contributed by atoms with van der Waals surface area (Å²) in [6.45, 7) is 8.19. The number of nitro groups is 2. The van der Waals surface area contributed by atoms with Gasteiger partial charge in [-0.05, 0) is 12.5 Å². The van der Waals surface area contributed by atoms with E-state index in [2.05, 4.69) is 10.6 Å². The fourth-order valence-electron chi connectivity index (χ4n) is 3.76. The second kappa shape index (κ2) is 32.3. The van der Waals surface area contributed by atoms with E-state index < -0.39 is 15.8 Å². The zero-order valence-electron chi connectivity index (χ0n) is 29.0. The molecule has 0 bridgehead atoms. The number of anilines is 1. The van der Waals surface area contributed by atoms with Crippen molar-refractivity contribution in [3.05, 3.63) is 38.4 Å². The Balaban J connectivity index is 1.73. The van der Waals surface area contributed by atoms with E-state index in [1.807, 2.05) is 0 Å². The Morgan fingerprint density at radius 3 is 1.37 bits per heavy atom. The number of carbonyl (C=O) groups is 2. The summed E-state index contributed by atoms with van der Waals surface area (Å²) in [7, 11) is 0. The average molecular weight is 737 g/mol. The molecule has 1 amide bonds. The predicted octanol–water partition coefficient (Wildman–Crippen LogP) is 1.44. The highest BCUT2D eigenvalue weighted by Gasteiger charge is 2.19. The van der Waals surface area contributed by atoms with Crippen LogP contribution in [0.4, 0.5) is 17.1 Å². The van der Waals surface area contributed by atoms with Gasteiger partial charge in [-0.25, -0.2) is 0 Å². The van der Waals surface area contributed by atoms with Crippen LogP contribution in [0.1, 0.15) is 19.3 Å². The molecule has 0 aliphatic rings. The van der Waals surface area contributed by atoms with Crippen molar-refractivity contribution in [3.63, 3.8) is 0 Å². The third kappa shape index (κ3) is 27.8. The molecule has 0 aromatic heterocycles. The SMILES string of the molecule is O=C(O)CCC(=O)NCCCOCCOCCOCCOCCOCCOCCOCCOCCOCCNc1ccc([N+](=O)[O-])cc1[N+](=O)[O-]. The first-order valence-corrected chi connectivity index (χ1v) is 16.7. The van der Waals surface area contributed by atoms with E-state index in [0.29, 0.717) is 125 Å². The number of nitrogens with zero attached hydrogens (tertiary/aromatic N) is 2. The standard InChI is InChI=1S/C31H52N4O16/c36-30(4-5-31(37)38)33-6-1-8-43-10-12-45-14-16-47-18-20-49-22-24-51-25-23-50-21-19-48-17-15-46-13-11-44-9-7-32-28-3-2-27(34(39)40)26-29(28)35(41)42/h2-3,26,32H,1,4-25H2,(H,33,36)(H,37,38). The second-order valence-electron chi connectivity index (χ2n) is 10.3. The van der Waals surface area contributed by atoms with Crippen LogP contribution in [0.3, 0.4) is 0 Å². The number of benzene rings is 1. The van der Waals surface area contributed by atoms with Crippen LogP contribution in [0.5, 0.6) is 0 Å². The lowest BCUT2D eigenvalue weighted by Crippen LogP contribution is -2.25. The molecule has 0 fully saturated rings. The molecule has 292 valence electrons. The highest BCUT2D eigenvalue weighted by Crippen LogP contribution is 2.28. The molecule has 0 aliphatic carbocycles. The molecule has 1 aromatic carbocycles. The lowest BCUT2D eigenvalue weighted by molar-refractivity contribution is -0.393. The first kappa shape index (κ1) is 45.4. The van der Waals surface area contributed by atoms with Crippen molar-refractivity contribution in [1.29, 1.82) is 0 Å². The number of rotatable bonds is 37. The van der Waals surface area contributed by atoms with Gasteiger partial charge in [-0.2, -0.15) is 0 Å². The van der Waals surface area contributed by atoms with Gasteiger partial charge in [0.25, 0.3) is 11.4 Å². The molecule has 1 rings (SSSR count). The molecule has 0 spiro atoms. The van der Waals surface area contributed by atoms with E-state index in [4.69, 9.17) is 47.7 Å². The Labute approximate surface area is 296 Å². The van der Waals surface area contributed by atoms with E-state index >= 15 is 0 Å². The number of aliphatic carboxylic acids is 1. The van der Waals surface area contributed by atoms with E-state index in [1.54, 1.807) is 0 Å². The molecular weight excluding hydrogens is 684 g/mol. The summed E-state index contributed by atoms with van der Waals surface area (Å²) in [5.41, 5.74) is -0.548. The van der Waals surface area contributed by atoms with Crippen LogP contribution in [-0.4, -0.2) is 159 Å². The molecule has 3 N–H and O–H groups in total. The Hall–Kier alpha value is -3.60. The third-order valence-corrected chi connectivity index (χ3v) is 6.28. The molecule has 0 heterocycles. The Bertz CT molecular complexity index is 1080. The van der Waals surface area contributed by atoms with Gasteiger partial charge in [0.05, 0.1) is 135 Å². The number of ether oxygens (including phenoxy) is 9. The summed E-state index contributed by atoms with van der Waals surface area (Å²) in [5.74, 6) is -1.27. The van der Waals surface area contributed by atoms with Crippen LogP contribution in [0.25, 0.3) is 0 Å². The smallest absolute Gasteiger partial charge is 0.303 e. The number of hydrogen-bond acceptors (Lipinski definition) is 16. The predicted molar refractivity (Wildman–Crippen MR) is 180 cm³/mol. The highest BCUT2D eigenvalue weighted by atomic mass is 16.6. The van der Waals surface area contributed by atoms with E-state index in [1.165, 1.54) is 12.1 Å².